The number of aliphatic imine (C=N–C) groups is 1. The Bertz CT molecular complexity index is 706. The molecular weight excluding hydrogens is 390 g/mol. The quantitative estimate of drug-likeness (QED) is 0.318. The summed E-state index contributed by atoms with van der Waals surface area (Å²) >= 11 is 0. The number of rotatable bonds is 9. The van der Waals surface area contributed by atoms with E-state index in [2.05, 4.69) is 65.7 Å². The van der Waals surface area contributed by atoms with Gasteiger partial charge in [-0.2, -0.15) is 0 Å². The van der Waals surface area contributed by atoms with Crippen molar-refractivity contribution in [1.82, 2.24) is 20.9 Å². The number of carbonyl (C=O) groups is 1. The predicted octanol–water partition coefficient (Wildman–Crippen LogP) is 2.52. The van der Waals surface area contributed by atoms with Crippen LogP contribution in [0.5, 0.6) is 5.75 Å². The van der Waals surface area contributed by atoms with E-state index in [1.54, 1.807) is 7.05 Å². The van der Waals surface area contributed by atoms with Crippen LogP contribution in [0.4, 0.5) is 0 Å². The lowest BCUT2D eigenvalue weighted by molar-refractivity contribution is -0.122. The minimum atomic E-state index is 0.0488. The fraction of sp³-hybridized carbons (Fsp3) is 0.667. The molecule has 1 heterocycles. The Hall–Kier alpha value is -2.28. The molecular formula is C24H41N5O2. The van der Waals surface area contributed by atoms with Gasteiger partial charge >= 0.3 is 0 Å². The van der Waals surface area contributed by atoms with Gasteiger partial charge in [-0.1, -0.05) is 45.9 Å². The number of carbonyl (C=O) groups excluding carboxylic acids is 1. The Kier molecular flexibility index (Phi) is 10.1. The number of guanidine groups is 1. The molecule has 0 saturated carbocycles. The highest BCUT2D eigenvalue weighted by Crippen LogP contribution is 2.30. The Morgan fingerprint density at radius 3 is 2.52 bits per heavy atom. The lowest BCUT2D eigenvalue weighted by atomic mass is 9.86. The number of amides is 1. The molecule has 1 saturated heterocycles. The fourth-order valence-electron chi connectivity index (χ4n) is 3.69. The molecule has 1 aliphatic rings. The van der Waals surface area contributed by atoms with Crippen LogP contribution in [0, 0.1) is 0 Å². The minimum absolute atomic E-state index is 0.0488. The maximum atomic E-state index is 11.9. The molecule has 0 spiro atoms. The second-order valence-corrected chi connectivity index (χ2v) is 9.14. The maximum Gasteiger partial charge on any atom is 0.234 e. The summed E-state index contributed by atoms with van der Waals surface area (Å²) in [7, 11) is 1.79. The van der Waals surface area contributed by atoms with Crippen molar-refractivity contribution in [1.29, 1.82) is 0 Å². The fourth-order valence-corrected chi connectivity index (χ4v) is 3.69. The molecule has 1 aromatic carbocycles. The molecule has 0 aliphatic carbocycles. The zero-order valence-corrected chi connectivity index (χ0v) is 20.0. The van der Waals surface area contributed by atoms with E-state index in [0.717, 1.165) is 50.6 Å². The summed E-state index contributed by atoms with van der Waals surface area (Å²) in [4.78, 5) is 18.5. The summed E-state index contributed by atoms with van der Waals surface area (Å²) < 4.78 is 6.04. The minimum Gasteiger partial charge on any atom is -0.491 e. The zero-order chi connectivity index (χ0) is 22.7. The molecule has 1 amide bonds. The third-order valence-corrected chi connectivity index (χ3v) is 5.44. The number of benzene rings is 1. The second kappa shape index (κ2) is 12.5. The van der Waals surface area contributed by atoms with Crippen molar-refractivity contribution in [2.45, 2.75) is 58.4 Å². The normalized spacial score (nSPS) is 16.1. The van der Waals surface area contributed by atoms with Crippen LogP contribution in [0.2, 0.25) is 0 Å². The van der Waals surface area contributed by atoms with Gasteiger partial charge in [0.25, 0.3) is 0 Å². The highest BCUT2D eigenvalue weighted by molar-refractivity contribution is 5.80. The van der Waals surface area contributed by atoms with Crippen LogP contribution < -0.4 is 20.7 Å². The summed E-state index contributed by atoms with van der Waals surface area (Å²) in [6.07, 6.45) is 2.96. The lowest BCUT2D eigenvalue weighted by Gasteiger charge is -2.32. The number of para-hydroxylation sites is 1. The van der Waals surface area contributed by atoms with Gasteiger partial charge in [0.15, 0.2) is 5.96 Å². The molecule has 0 atom stereocenters. The Morgan fingerprint density at radius 1 is 1.16 bits per heavy atom. The van der Waals surface area contributed by atoms with E-state index < -0.39 is 0 Å². The summed E-state index contributed by atoms with van der Waals surface area (Å²) in [5.74, 6) is 1.86. The van der Waals surface area contributed by atoms with Gasteiger partial charge in [0, 0.05) is 32.7 Å². The molecule has 1 aliphatic heterocycles. The average molecular weight is 432 g/mol. The number of hydrogen-bond donors (Lipinski definition) is 3. The second-order valence-electron chi connectivity index (χ2n) is 9.14. The van der Waals surface area contributed by atoms with Crippen LogP contribution in [0.1, 0.15) is 52.5 Å². The molecule has 2 rings (SSSR count). The monoisotopic (exact) mass is 431 g/mol. The molecule has 0 bridgehead atoms. The van der Waals surface area contributed by atoms with Gasteiger partial charge < -0.3 is 20.7 Å². The van der Waals surface area contributed by atoms with Crippen molar-refractivity contribution >= 4 is 11.9 Å². The van der Waals surface area contributed by atoms with Crippen LogP contribution in [0.25, 0.3) is 0 Å². The Balaban J connectivity index is 1.69. The molecule has 0 aromatic heterocycles. The summed E-state index contributed by atoms with van der Waals surface area (Å²) in [5.41, 5.74) is 1.26. The van der Waals surface area contributed by atoms with E-state index in [4.69, 9.17) is 4.74 Å². The van der Waals surface area contributed by atoms with Crippen molar-refractivity contribution < 1.29 is 9.53 Å². The van der Waals surface area contributed by atoms with Crippen molar-refractivity contribution in [2.24, 2.45) is 4.99 Å². The van der Waals surface area contributed by atoms with Crippen molar-refractivity contribution in [2.75, 3.05) is 46.4 Å². The van der Waals surface area contributed by atoms with E-state index in [1.165, 1.54) is 5.56 Å². The van der Waals surface area contributed by atoms with Gasteiger partial charge in [-0.25, -0.2) is 0 Å². The van der Waals surface area contributed by atoms with E-state index >= 15 is 0 Å². The number of hydrogen-bond acceptors (Lipinski definition) is 4. The van der Waals surface area contributed by atoms with Crippen molar-refractivity contribution in [3.8, 4) is 5.75 Å². The number of nitrogens with zero attached hydrogens (tertiary/aromatic N) is 2. The molecule has 31 heavy (non-hydrogen) atoms. The van der Waals surface area contributed by atoms with Crippen LogP contribution >= 0.6 is 0 Å². The first kappa shape index (κ1) is 25.0. The van der Waals surface area contributed by atoms with Crippen molar-refractivity contribution in [3.05, 3.63) is 29.8 Å². The molecule has 0 unspecified atom stereocenters. The Morgan fingerprint density at radius 2 is 1.87 bits per heavy atom. The largest absolute Gasteiger partial charge is 0.491 e. The van der Waals surface area contributed by atoms with Crippen LogP contribution in [0.15, 0.2) is 29.3 Å². The molecule has 1 fully saturated rings. The van der Waals surface area contributed by atoms with Gasteiger partial charge in [-0.15, -0.1) is 0 Å². The van der Waals surface area contributed by atoms with Crippen molar-refractivity contribution in [3.63, 3.8) is 0 Å². The molecule has 7 heteroatoms. The SMILES string of the molecule is CCCNC(=O)CN1CCC(NC(=NC)NCCOc2ccccc2C(C)(C)C)CC1. The van der Waals surface area contributed by atoms with Gasteiger partial charge in [0.1, 0.15) is 12.4 Å². The van der Waals surface area contributed by atoms with Gasteiger partial charge in [0.05, 0.1) is 13.1 Å². The van der Waals surface area contributed by atoms with Gasteiger partial charge in [-0.3, -0.25) is 14.7 Å². The first-order valence-corrected chi connectivity index (χ1v) is 11.5. The van der Waals surface area contributed by atoms with E-state index in [1.807, 2.05) is 12.1 Å². The third-order valence-electron chi connectivity index (χ3n) is 5.44. The number of ether oxygens (including phenoxy) is 1. The molecule has 7 nitrogen and oxygen atoms in total. The predicted molar refractivity (Wildman–Crippen MR) is 128 cm³/mol. The summed E-state index contributed by atoms with van der Waals surface area (Å²) in [6.45, 7) is 13.0. The topological polar surface area (TPSA) is 78.0 Å². The van der Waals surface area contributed by atoms with Crippen LogP contribution in [0.3, 0.4) is 0 Å². The average Bonchev–Trinajstić information content (AvgIpc) is 2.75. The molecule has 174 valence electrons. The van der Waals surface area contributed by atoms with Crippen LogP contribution in [-0.4, -0.2) is 69.2 Å². The standard InChI is InChI=1S/C24H41N5O2/c1-6-13-26-22(30)18-29-15-11-19(12-16-29)28-23(25-5)27-14-17-31-21-10-8-7-9-20(21)24(2,3)4/h7-10,19H,6,11-18H2,1-5H3,(H,26,30)(H2,25,27,28). The highest BCUT2D eigenvalue weighted by atomic mass is 16.5. The molecule has 1 aromatic rings. The maximum absolute atomic E-state index is 11.9. The lowest BCUT2D eigenvalue weighted by Crippen LogP contribution is -2.50. The first-order chi connectivity index (χ1) is 14.8. The van der Waals surface area contributed by atoms with Gasteiger partial charge in [0.2, 0.25) is 5.91 Å². The first-order valence-electron chi connectivity index (χ1n) is 11.5. The van der Waals surface area contributed by atoms with E-state index in [9.17, 15) is 4.79 Å². The summed E-state index contributed by atoms with van der Waals surface area (Å²) in [5, 5.41) is 9.80. The molecule has 3 N–H and O–H groups in total. The third kappa shape index (κ3) is 8.77. The number of likely N-dealkylation sites (tertiary alicyclic amines) is 1. The summed E-state index contributed by atoms with van der Waals surface area (Å²) in [6, 6.07) is 8.59. The smallest absolute Gasteiger partial charge is 0.234 e. The molecule has 0 radical (unpaired) electrons. The number of nitrogens with one attached hydrogen (secondary N) is 3. The highest BCUT2D eigenvalue weighted by Gasteiger charge is 2.21. The number of piperidine rings is 1. The van der Waals surface area contributed by atoms with E-state index in [-0.39, 0.29) is 11.3 Å². The van der Waals surface area contributed by atoms with E-state index in [0.29, 0.717) is 25.7 Å². The van der Waals surface area contributed by atoms with Gasteiger partial charge in [-0.05, 0) is 36.3 Å². The Labute approximate surface area is 188 Å². The van der Waals surface area contributed by atoms with Crippen LogP contribution in [-0.2, 0) is 10.2 Å². The zero-order valence-electron chi connectivity index (χ0n) is 20.0.